The summed E-state index contributed by atoms with van der Waals surface area (Å²) in [6, 6.07) is 7.87. The van der Waals surface area contributed by atoms with E-state index < -0.39 is 0 Å². The Morgan fingerprint density at radius 1 is 1.29 bits per heavy atom. The molecule has 1 aromatic carbocycles. The number of ether oxygens (including phenoxy) is 2. The van der Waals surface area contributed by atoms with Gasteiger partial charge in [0.15, 0.2) is 11.5 Å². The molecule has 0 amide bonds. The van der Waals surface area contributed by atoms with Crippen LogP contribution in [0.5, 0.6) is 11.5 Å². The lowest BCUT2D eigenvalue weighted by Gasteiger charge is -2.04. The molecule has 0 aliphatic carbocycles. The number of benzene rings is 1. The second-order valence-corrected chi connectivity index (χ2v) is 3.92. The van der Waals surface area contributed by atoms with E-state index in [9.17, 15) is 0 Å². The highest BCUT2D eigenvalue weighted by Gasteiger charge is 2.12. The minimum atomic E-state index is 0.312. The highest BCUT2D eigenvalue weighted by atomic mass is 16.7. The second kappa shape index (κ2) is 4.01. The average Bonchev–Trinajstić information content (AvgIpc) is 2.94. The van der Waals surface area contributed by atoms with Crippen molar-refractivity contribution in [1.82, 2.24) is 9.78 Å². The minimum Gasteiger partial charge on any atom is -0.454 e. The maximum atomic E-state index is 5.33. The van der Waals surface area contributed by atoms with Gasteiger partial charge in [0.1, 0.15) is 5.82 Å². The van der Waals surface area contributed by atoms with Crippen LogP contribution < -0.4 is 14.8 Å². The lowest BCUT2D eigenvalue weighted by molar-refractivity contribution is 0.174. The van der Waals surface area contributed by atoms with Gasteiger partial charge in [-0.1, -0.05) is 6.07 Å². The first-order valence-corrected chi connectivity index (χ1v) is 5.43. The summed E-state index contributed by atoms with van der Waals surface area (Å²) >= 11 is 0. The average molecular weight is 231 g/mol. The van der Waals surface area contributed by atoms with Crippen LogP contribution in [0.2, 0.25) is 0 Å². The molecule has 2 aromatic rings. The van der Waals surface area contributed by atoms with Crippen LogP contribution in [0.4, 0.5) is 5.82 Å². The maximum Gasteiger partial charge on any atom is 0.231 e. The number of anilines is 1. The van der Waals surface area contributed by atoms with Gasteiger partial charge in [-0.05, 0) is 17.7 Å². The number of hydrogen-bond donors (Lipinski definition) is 1. The van der Waals surface area contributed by atoms with Gasteiger partial charge in [0.25, 0.3) is 0 Å². The topological polar surface area (TPSA) is 48.3 Å². The molecule has 17 heavy (non-hydrogen) atoms. The summed E-state index contributed by atoms with van der Waals surface area (Å²) in [6.45, 7) is 1.03. The van der Waals surface area contributed by atoms with E-state index in [1.54, 1.807) is 4.68 Å². The van der Waals surface area contributed by atoms with Crippen LogP contribution in [0.15, 0.2) is 30.5 Å². The van der Waals surface area contributed by atoms with Gasteiger partial charge in [-0.25, -0.2) is 0 Å². The van der Waals surface area contributed by atoms with E-state index >= 15 is 0 Å². The van der Waals surface area contributed by atoms with Crippen molar-refractivity contribution >= 4 is 5.82 Å². The molecule has 3 rings (SSSR count). The lowest BCUT2D eigenvalue weighted by Crippen LogP contribution is -2.00. The summed E-state index contributed by atoms with van der Waals surface area (Å²) in [7, 11) is 1.89. The molecule has 0 spiro atoms. The Balaban J connectivity index is 1.69. The van der Waals surface area contributed by atoms with Crippen LogP contribution in [-0.4, -0.2) is 16.6 Å². The molecule has 0 fully saturated rings. The fraction of sp³-hybridized carbons (Fsp3) is 0.250. The number of hydrogen-bond acceptors (Lipinski definition) is 4. The summed E-state index contributed by atoms with van der Waals surface area (Å²) in [5, 5.41) is 7.49. The first-order chi connectivity index (χ1) is 8.31. The summed E-state index contributed by atoms with van der Waals surface area (Å²) in [5.74, 6) is 2.49. The number of nitrogens with zero attached hydrogens (tertiary/aromatic N) is 2. The number of nitrogens with one attached hydrogen (secondary N) is 1. The van der Waals surface area contributed by atoms with Crippen molar-refractivity contribution in [2.45, 2.75) is 6.54 Å². The third-order valence-electron chi connectivity index (χ3n) is 2.62. The molecule has 2 heterocycles. The molecule has 88 valence electrons. The third-order valence-corrected chi connectivity index (χ3v) is 2.62. The molecule has 5 heteroatoms. The van der Waals surface area contributed by atoms with Gasteiger partial charge in [-0.15, -0.1) is 0 Å². The summed E-state index contributed by atoms with van der Waals surface area (Å²) in [4.78, 5) is 0. The SMILES string of the molecule is Cn1ccc(NCc2ccc3c(c2)OCO3)n1. The number of fused-ring (bicyclic) bond motifs is 1. The molecule has 0 atom stereocenters. The third kappa shape index (κ3) is 2.04. The lowest BCUT2D eigenvalue weighted by atomic mass is 10.2. The number of aromatic nitrogens is 2. The van der Waals surface area contributed by atoms with Gasteiger partial charge in [0.05, 0.1) is 0 Å². The van der Waals surface area contributed by atoms with E-state index in [1.807, 2.05) is 37.5 Å². The normalized spacial score (nSPS) is 12.8. The fourth-order valence-electron chi connectivity index (χ4n) is 1.75. The first kappa shape index (κ1) is 10.0. The van der Waals surface area contributed by atoms with Gasteiger partial charge in [-0.2, -0.15) is 5.10 Å². The molecule has 1 N–H and O–H groups in total. The Kier molecular flexibility index (Phi) is 2.36. The smallest absolute Gasteiger partial charge is 0.231 e. The monoisotopic (exact) mass is 231 g/mol. The van der Waals surface area contributed by atoms with E-state index in [2.05, 4.69) is 10.4 Å². The zero-order valence-electron chi connectivity index (χ0n) is 9.51. The van der Waals surface area contributed by atoms with E-state index in [-0.39, 0.29) is 0 Å². The Morgan fingerprint density at radius 2 is 2.18 bits per heavy atom. The van der Waals surface area contributed by atoms with Crippen LogP contribution in [-0.2, 0) is 13.6 Å². The maximum absolute atomic E-state index is 5.33. The van der Waals surface area contributed by atoms with Crippen molar-refractivity contribution in [2.75, 3.05) is 12.1 Å². The highest BCUT2D eigenvalue weighted by molar-refractivity contribution is 5.45. The van der Waals surface area contributed by atoms with Crippen LogP contribution in [0.3, 0.4) is 0 Å². The molecule has 0 unspecified atom stereocenters. The second-order valence-electron chi connectivity index (χ2n) is 3.92. The molecule has 1 aliphatic heterocycles. The summed E-state index contributed by atoms with van der Waals surface area (Å²) in [5.41, 5.74) is 1.14. The fourth-order valence-corrected chi connectivity index (χ4v) is 1.75. The van der Waals surface area contributed by atoms with E-state index in [4.69, 9.17) is 9.47 Å². The molecule has 0 radical (unpaired) electrons. The molecule has 0 saturated carbocycles. The zero-order valence-corrected chi connectivity index (χ0v) is 9.51. The van der Waals surface area contributed by atoms with Crippen LogP contribution in [0.25, 0.3) is 0 Å². The molecular weight excluding hydrogens is 218 g/mol. The van der Waals surface area contributed by atoms with Gasteiger partial charge in [0.2, 0.25) is 6.79 Å². The molecule has 5 nitrogen and oxygen atoms in total. The molecule has 1 aliphatic rings. The van der Waals surface area contributed by atoms with Crippen molar-refractivity contribution in [1.29, 1.82) is 0 Å². The molecule has 1 aromatic heterocycles. The van der Waals surface area contributed by atoms with Crippen molar-refractivity contribution < 1.29 is 9.47 Å². The van der Waals surface area contributed by atoms with Gasteiger partial charge >= 0.3 is 0 Å². The van der Waals surface area contributed by atoms with Crippen molar-refractivity contribution in [2.24, 2.45) is 7.05 Å². The Bertz CT molecular complexity index is 536. The van der Waals surface area contributed by atoms with Crippen molar-refractivity contribution in [3.63, 3.8) is 0 Å². The zero-order chi connectivity index (χ0) is 11.7. The number of rotatable bonds is 3. The van der Waals surface area contributed by atoms with Gasteiger partial charge in [-0.3, -0.25) is 4.68 Å². The number of aryl methyl sites for hydroxylation is 1. The predicted molar refractivity (Wildman–Crippen MR) is 63.1 cm³/mol. The van der Waals surface area contributed by atoms with E-state index in [0.717, 1.165) is 22.9 Å². The van der Waals surface area contributed by atoms with Crippen LogP contribution >= 0.6 is 0 Å². The molecule has 0 saturated heterocycles. The molecular formula is C12H13N3O2. The first-order valence-electron chi connectivity index (χ1n) is 5.43. The standard InChI is InChI=1S/C12H13N3O2/c1-15-5-4-12(14-15)13-7-9-2-3-10-11(6-9)17-8-16-10/h2-6H,7-8H2,1H3,(H,13,14). The van der Waals surface area contributed by atoms with Gasteiger partial charge < -0.3 is 14.8 Å². The summed E-state index contributed by atoms with van der Waals surface area (Å²) in [6.07, 6.45) is 1.90. The Labute approximate surface area is 99.0 Å². The van der Waals surface area contributed by atoms with E-state index in [0.29, 0.717) is 13.3 Å². The minimum absolute atomic E-state index is 0.312. The van der Waals surface area contributed by atoms with Gasteiger partial charge in [0, 0.05) is 25.9 Å². The summed E-state index contributed by atoms with van der Waals surface area (Å²) < 4.78 is 12.4. The highest BCUT2D eigenvalue weighted by Crippen LogP contribution is 2.32. The Morgan fingerprint density at radius 3 is 3.00 bits per heavy atom. The van der Waals surface area contributed by atoms with Crippen molar-refractivity contribution in [3.8, 4) is 11.5 Å². The quantitative estimate of drug-likeness (QED) is 0.874. The predicted octanol–water partition coefficient (Wildman–Crippen LogP) is 1.76. The largest absolute Gasteiger partial charge is 0.454 e. The molecule has 0 bridgehead atoms. The van der Waals surface area contributed by atoms with Crippen molar-refractivity contribution in [3.05, 3.63) is 36.0 Å². The Hall–Kier alpha value is -2.17. The van der Waals surface area contributed by atoms with E-state index in [1.165, 1.54) is 0 Å². The van der Waals surface area contributed by atoms with Crippen LogP contribution in [0.1, 0.15) is 5.56 Å². The van der Waals surface area contributed by atoms with Crippen LogP contribution in [0, 0.1) is 0 Å².